The van der Waals surface area contributed by atoms with E-state index in [4.69, 9.17) is 0 Å². The van der Waals surface area contributed by atoms with E-state index in [0.717, 1.165) is 5.56 Å². The summed E-state index contributed by atoms with van der Waals surface area (Å²) < 4.78 is 13.7. The summed E-state index contributed by atoms with van der Waals surface area (Å²) in [6, 6.07) is 15.8. The van der Waals surface area contributed by atoms with Crippen molar-refractivity contribution in [2.45, 2.75) is 19.4 Å². The third kappa shape index (κ3) is 4.24. The summed E-state index contributed by atoms with van der Waals surface area (Å²) in [5, 5.41) is 2.95. The first-order valence-electron chi connectivity index (χ1n) is 8.50. The summed E-state index contributed by atoms with van der Waals surface area (Å²) in [5.41, 5.74) is 1.15. The normalized spacial score (nSPS) is 15.0. The van der Waals surface area contributed by atoms with Crippen LogP contribution in [0.3, 0.4) is 0 Å². The maximum atomic E-state index is 13.7. The van der Waals surface area contributed by atoms with Crippen LogP contribution in [0.5, 0.6) is 0 Å². The van der Waals surface area contributed by atoms with Crippen molar-refractivity contribution in [2.75, 3.05) is 13.1 Å². The zero-order valence-corrected chi connectivity index (χ0v) is 14.0. The number of nitrogens with one attached hydrogen (secondary N) is 1. The largest absolute Gasteiger partial charge is 0.352 e. The topological polar surface area (TPSA) is 49.4 Å². The minimum atomic E-state index is -0.504. The number of rotatable bonds is 4. The Hall–Kier alpha value is -2.69. The molecule has 5 heteroatoms. The highest BCUT2D eigenvalue weighted by molar-refractivity contribution is 5.94. The standard InChI is InChI=1S/C20H21FN2O2/c21-18-9-5-4-8-17(18)20(25)23-12-10-16(11-13-23)19(24)22-14-15-6-2-1-3-7-15/h1-9,16H,10-14H2,(H,22,24). The first kappa shape index (κ1) is 17.1. The molecule has 25 heavy (non-hydrogen) atoms. The average Bonchev–Trinajstić information content (AvgIpc) is 2.67. The molecule has 0 saturated carbocycles. The zero-order valence-electron chi connectivity index (χ0n) is 14.0. The van der Waals surface area contributed by atoms with Crippen molar-refractivity contribution >= 4 is 11.8 Å². The van der Waals surface area contributed by atoms with E-state index in [1.165, 1.54) is 12.1 Å². The van der Waals surface area contributed by atoms with Crippen molar-refractivity contribution in [3.05, 3.63) is 71.5 Å². The molecule has 2 aromatic carbocycles. The Bertz CT molecular complexity index is 740. The van der Waals surface area contributed by atoms with E-state index >= 15 is 0 Å². The Balaban J connectivity index is 1.50. The second-order valence-corrected chi connectivity index (χ2v) is 6.25. The van der Waals surface area contributed by atoms with Crippen molar-refractivity contribution in [2.24, 2.45) is 5.92 Å². The first-order chi connectivity index (χ1) is 12.1. The summed E-state index contributed by atoms with van der Waals surface area (Å²) >= 11 is 0. The molecular weight excluding hydrogens is 319 g/mol. The van der Waals surface area contributed by atoms with E-state index in [1.807, 2.05) is 30.3 Å². The van der Waals surface area contributed by atoms with Crippen LogP contribution in [0.15, 0.2) is 54.6 Å². The summed E-state index contributed by atoms with van der Waals surface area (Å²) in [4.78, 5) is 26.3. The molecular formula is C20H21FN2O2. The van der Waals surface area contributed by atoms with Crippen LogP contribution < -0.4 is 5.32 Å². The third-order valence-electron chi connectivity index (χ3n) is 4.57. The van der Waals surface area contributed by atoms with Crippen LogP contribution in [0.25, 0.3) is 0 Å². The molecule has 130 valence electrons. The minimum Gasteiger partial charge on any atom is -0.352 e. The highest BCUT2D eigenvalue weighted by Crippen LogP contribution is 2.20. The van der Waals surface area contributed by atoms with Crippen LogP contribution in [0.1, 0.15) is 28.8 Å². The molecule has 0 unspecified atom stereocenters. The Labute approximate surface area is 146 Å². The van der Waals surface area contributed by atoms with Crippen LogP contribution in [0.4, 0.5) is 4.39 Å². The van der Waals surface area contributed by atoms with Crippen LogP contribution in [-0.2, 0) is 11.3 Å². The van der Waals surface area contributed by atoms with Crippen molar-refractivity contribution in [1.82, 2.24) is 10.2 Å². The van der Waals surface area contributed by atoms with E-state index in [1.54, 1.807) is 17.0 Å². The zero-order chi connectivity index (χ0) is 17.6. The van der Waals surface area contributed by atoms with Crippen LogP contribution in [0.2, 0.25) is 0 Å². The maximum absolute atomic E-state index is 13.7. The number of hydrogen-bond donors (Lipinski definition) is 1. The van der Waals surface area contributed by atoms with Gasteiger partial charge >= 0.3 is 0 Å². The molecule has 0 bridgehead atoms. The summed E-state index contributed by atoms with van der Waals surface area (Å²) in [6.07, 6.45) is 1.20. The van der Waals surface area contributed by atoms with E-state index < -0.39 is 5.82 Å². The van der Waals surface area contributed by atoms with Gasteiger partial charge in [-0.3, -0.25) is 9.59 Å². The highest BCUT2D eigenvalue weighted by atomic mass is 19.1. The minimum absolute atomic E-state index is 0.0156. The molecule has 1 N–H and O–H groups in total. The molecule has 2 amide bonds. The Kier molecular flexibility index (Phi) is 5.43. The molecule has 0 radical (unpaired) electrons. The Morgan fingerprint density at radius 3 is 2.32 bits per heavy atom. The summed E-state index contributed by atoms with van der Waals surface area (Å²) in [6.45, 7) is 1.45. The van der Waals surface area contributed by atoms with Gasteiger partial charge in [-0.1, -0.05) is 42.5 Å². The first-order valence-corrected chi connectivity index (χ1v) is 8.50. The van der Waals surface area contributed by atoms with Crippen LogP contribution in [0, 0.1) is 11.7 Å². The molecule has 0 aromatic heterocycles. The molecule has 3 rings (SSSR count). The molecule has 1 heterocycles. The van der Waals surface area contributed by atoms with E-state index in [9.17, 15) is 14.0 Å². The second-order valence-electron chi connectivity index (χ2n) is 6.25. The van der Waals surface area contributed by atoms with Crippen molar-refractivity contribution in [3.63, 3.8) is 0 Å². The number of benzene rings is 2. The molecule has 1 saturated heterocycles. The number of halogens is 1. The van der Waals surface area contributed by atoms with Gasteiger partial charge in [-0.15, -0.1) is 0 Å². The van der Waals surface area contributed by atoms with Crippen LogP contribution in [-0.4, -0.2) is 29.8 Å². The lowest BCUT2D eigenvalue weighted by molar-refractivity contribution is -0.126. The van der Waals surface area contributed by atoms with Gasteiger partial charge in [-0.05, 0) is 30.5 Å². The Morgan fingerprint density at radius 2 is 1.64 bits per heavy atom. The number of piperidine rings is 1. The van der Waals surface area contributed by atoms with E-state index in [-0.39, 0.29) is 23.3 Å². The maximum Gasteiger partial charge on any atom is 0.256 e. The van der Waals surface area contributed by atoms with E-state index in [2.05, 4.69) is 5.32 Å². The number of carbonyl (C=O) groups excluding carboxylic acids is 2. The van der Waals surface area contributed by atoms with Gasteiger partial charge in [0.2, 0.25) is 5.91 Å². The van der Waals surface area contributed by atoms with Crippen molar-refractivity contribution in [3.8, 4) is 0 Å². The molecule has 0 spiro atoms. The molecule has 1 fully saturated rings. The van der Waals surface area contributed by atoms with Gasteiger partial charge < -0.3 is 10.2 Å². The average molecular weight is 340 g/mol. The molecule has 4 nitrogen and oxygen atoms in total. The van der Waals surface area contributed by atoms with Gasteiger partial charge in [0, 0.05) is 25.6 Å². The smallest absolute Gasteiger partial charge is 0.256 e. The molecule has 0 atom stereocenters. The SMILES string of the molecule is O=C(NCc1ccccc1)C1CCN(C(=O)c2ccccc2F)CC1. The monoisotopic (exact) mass is 340 g/mol. The van der Waals surface area contributed by atoms with Gasteiger partial charge in [0.15, 0.2) is 0 Å². The lowest BCUT2D eigenvalue weighted by atomic mass is 9.95. The quantitative estimate of drug-likeness (QED) is 0.930. The fourth-order valence-corrected chi connectivity index (χ4v) is 3.08. The second kappa shape index (κ2) is 7.92. The highest BCUT2D eigenvalue weighted by Gasteiger charge is 2.28. The predicted octanol–water partition coefficient (Wildman–Crippen LogP) is 2.99. The van der Waals surface area contributed by atoms with Gasteiger partial charge in [-0.25, -0.2) is 4.39 Å². The molecule has 2 aromatic rings. The number of likely N-dealkylation sites (tertiary alicyclic amines) is 1. The molecule has 0 aliphatic carbocycles. The predicted molar refractivity (Wildman–Crippen MR) is 93.3 cm³/mol. The lowest BCUT2D eigenvalue weighted by Gasteiger charge is -2.31. The number of amides is 2. The van der Waals surface area contributed by atoms with E-state index in [0.29, 0.717) is 32.5 Å². The van der Waals surface area contributed by atoms with Gasteiger partial charge in [-0.2, -0.15) is 0 Å². The number of hydrogen-bond acceptors (Lipinski definition) is 2. The fraction of sp³-hybridized carbons (Fsp3) is 0.300. The number of carbonyl (C=O) groups is 2. The Morgan fingerprint density at radius 1 is 1.00 bits per heavy atom. The fourth-order valence-electron chi connectivity index (χ4n) is 3.08. The third-order valence-corrected chi connectivity index (χ3v) is 4.57. The number of nitrogens with zero attached hydrogens (tertiary/aromatic N) is 1. The summed E-state index contributed by atoms with van der Waals surface area (Å²) in [7, 11) is 0. The molecule has 1 aliphatic heterocycles. The summed E-state index contributed by atoms with van der Waals surface area (Å²) in [5.74, 6) is -0.897. The van der Waals surface area contributed by atoms with Gasteiger partial charge in [0.05, 0.1) is 5.56 Å². The van der Waals surface area contributed by atoms with Crippen molar-refractivity contribution < 1.29 is 14.0 Å². The van der Waals surface area contributed by atoms with Gasteiger partial charge in [0.1, 0.15) is 5.82 Å². The van der Waals surface area contributed by atoms with Crippen molar-refractivity contribution in [1.29, 1.82) is 0 Å². The lowest BCUT2D eigenvalue weighted by Crippen LogP contribution is -2.43. The molecule has 1 aliphatic rings. The van der Waals surface area contributed by atoms with Gasteiger partial charge in [0.25, 0.3) is 5.91 Å². The van der Waals surface area contributed by atoms with Crippen LogP contribution >= 0.6 is 0 Å².